The van der Waals surface area contributed by atoms with Crippen molar-refractivity contribution in [1.29, 1.82) is 0 Å². The maximum atomic E-state index is 12.1. The third kappa shape index (κ3) is 6.58. The lowest BCUT2D eigenvalue weighted by atomic mass is 9.96. The largest absolute Gasteiger partial charge is 0.573 e. The molecule has 0 unspecified atom stereocenters. The zero-order chi connectivity index (χ0) is 15.4. The van der Waals surface area contributed by atoms with Gasteiger partial charge in [-0.05, 0) is 18.6 Å². The molecule has 0 fully saturated rings. The Kier molecular flexibility index (Phi) is 5.18. The molecule has 0 aliphatic heterocycles. The summed E-state index contributed by atoms with van der Waals surface area (Å²) in [7, 11) is 1.61. The maximum absolute atomic E-state index is 12.1. The summed E-state index contributed by atoms with van der Waals surface area (Å²) < 4.78 is 80.8. The monoisotopic (exact) mass is 300 g/mol. The van der Waals surface area contributed by atoms with Crippen LogP contribution in [0.2, 0.25) is 0 Å². The van der Waals surface area contributed by atoms with E-state index in [1.165, 1.54) is 12.1 Å². The molecule has 9 heteroatoms. The van der Waals surface area contributed by atoms with Gasteiger partial charge >= 0.3 is 12.5 Å². The Hall–Kier alpha value is -1.54. The van der Waals surface area contributed by atoms with Gasteiger partial charge in [-0.1, -0.05) is 11.5 Å². The van der Waals surface area contributed by atoms with Crippen LogP contribution >= 0.6 is 0 Å². The first-order chi connectivity index (χ1) is 9.07. The zero-order valence-electron chi connectivity index (χ0n) is 10.4. The lowest BCUT2D eigenvalue weighted by molar-refractivity contribution is -0.275. The highest BCUT2D eigenvalue weighted by atomic mass is 19.4. The van der Waals surface area contributed by atoms with Crippen LogP contribution in [0.25, 0.3) is 0 Å². The van der Waals surface area contributed by atoms with Crippen LogP contribution in [-0.4, -0.2) is 27.0 Å². The van der Waals surface area contributed by atoms with Crippen molar-refractivity contribution in [2.45, 2.75) is 25.4 Å². The molecule has 1 rings (SSSR count). The summed E-state index contributed by atoms with van der Waals surface area (Å²) in [6.07, 6.45) is -10.6. The lowest BCUT2D eigenvalue weighted by Gasteiger charge is -2.15. The molecule has 0 N–H and O–H groups in total. The van der Waals surface area contributed by atoms with E-state index in [-0.39, 0.29) is 18.8 Å². The van der Waals surface area contributed by atoms with Crippen molar-refractivity contribution in [3.8, 4) is 11.5 Å². The van der Waals surface area contributed by atoms with Crippen molar-refractivity contribution in [1.82, 2.24) is 0 Å². The normalized spacial score (nSPS) is 12.3. The predicted molar refractivity (Wildman–Crippen MR) is 62.1 cm³/mol. The first-order valence-electron chi connectivity index (χ1n) is 5.63. The standard InChI is InChI=1S/C11H11BF6O2/c12-7-2-3-8(20-11(16,17)18)9(6-7)19-5-1-4-10(13,14)15/h2-3,6H,1,4-5,12H2. The van der Waals surface area contributed by atoms with E-state index in [1.54, 1.807) is 7.85 Å². The van der Waals surface area contributed by atoms with Crippen molar-refractivity contribution in [2.24, 2.45) is 0 Å². The van der Waals surface area contributed by atoms with Crippen LogP contribution in [0.5, 0.6) is 11.5 Å². The second-order valence-electron chi connectivity index (χ2n) is 4.07. The molecule has 0 spiro atoms. The predicted octanol–water partition coefficient (Wildman–Crippen LogP) is 2.56. The number of halogens is 6. The van der Waals surface area contributed by atoms with Gasteiger partial charge in [0.05, 0.1) is 6.61 Å². The maximum Gasteiger partial charge on any atom is 0.573 e. The highest BCUT2D eigenvalue weighted by Crippen LogP contribution is 2.31. The van der Waals surface area contributed by atoms with Crippen molar-refractivity contribution in [3.63, 3.8) is 0 Å². The minimum Gasteiger partial charge on any atom is -0.490 e. The van der Waals surface area contributed by atoms with Crippen LogP contribution in [0.1, 0.15) is 12.8 Å². The van der Waals surface area contributed by atoms with E-state index < -0.39 is 24.7 Å². The van der Waals surface area contributed by atoms with Crippen molar-refractivity contribution in [3.05, 3.63) is 18.2 Å². The average molecular weight is 300 g/mol. The van der Waals surface area contributed by atoms with E-state index in [0.29, 0.717) is 5.46 Å². The number of benzene rings is 1. The van der Waals surface area contributed by atoms with Gasteiger partial charge in [0.15, 0.2) is 11.5 Å². The Bertz CT molecular complexity index is 444. The van der Waals surface area contributed by atoms with E-state index in [2.05, 4.69) is 4.74 Å². The zero-order valence-corrected chi connectivity index (χ0v) is 10.4. The van der Waals surface area contributed by atoms with Crippen molar-refractivity contribution >= 4 is 13.3 Å². The molecule has 0 amide bonds. The molecular formula is C11H11BF6O2. The summed E-state index contributed by atoms with van der Waals surface area (Å²) >= 11 is 0. The Balaban J connectivity index is 2.65. The average Bonchev–Trinajstić information content (AvgIpc) is 2.25. The quantitative estimate of drug-likeness (QED) is 0.473. The molecule has 1 aromatic carbocycles. The first kappa shape index (κ1) is 16.5. The Morgan fingerprint density at radius 1 is 1.00 bits per heavy atom. The third-order valence-corrected chi connectivity index (χ3v) is 2.19. The molecule has 1 aromatic rings. The molecule has 0 atom stereocenters. The lowest BCUT2D eigenvalue weighted by Crippen LogP contribution is -2.19. The molecule has 0 aliphatic carbocycles. The Morgan fingerprint density at radius 3 is 2.20 bits per heavy atom. The molecular weight excluding hydrogens is 289 g/mol. The van der Waals surface area contributed by atoms with Gasteiger partial charge in [0.25, 0.3) is 0 Å². The summed E-state index contributed by atoms with van der Waals surface area (Å²) in [5, 5.41) is 0. The van der Waals surface area contributed by atoms with E-state index >= 15 is 0 Å². The van der Waals surface area contributed by atoms with Crippen molar-refractivity contribution < 1.29 is 35.8 Å². The Labute approximate surface area is 112 Å². The minimum absolute atomic E-state index is 0.232. The smallest absolute Gasteiger partial charge is 0.490 e. The van der Waals surface area contributed by atoms with Gasteiger partial charge in [-0.3, -0.25) is 0 Å². The van der Waals surface area contributed by atoms with Gasteiger partial charge in [0.2, 0.25) is 0 Å². The molecule has 0 aromatic heterocycles. The fourth-order valence-electron chi connectivity index (χ4n) is 1.39. The fourth-order valence-corrected chi connectivity index (χ4v) is 1.39. The summed E-state index contributed by atoms with van der Waals surface area (Å²) in [6, 6.07) is 3.71. The van der Waals surface area contributed by atoms with Gasteiger partial charge in [-0.2, -0.15) is 13.2 Å². The van der Waals surface area contributed by atoms with Crippen LogP contribution in [-0.2, 0) is 0 Å². The van der Waals surface area contributed by atoms with E-state index in [9.17, 15) is 26.3 Å². The molecule has 0 saturated heterocycles. The SMILES string of the molecule is Bc1ccc(OC(F)(F)F)c(OCCCC(F)(F)F)c1. The highest BCUT2D eigenvalue weighted by Gasteiger charge is 2.32. The number of rotatable bonds is 5. The van der Waals surface area contributed by atoms with Crippen LogP contribution in [0.15, 0.2) is 18.2 Å². The minimum atomic E-state index is -4.89. The molecule has 20 heavy (non-hydrogen) atoms. The van der Waals surface area contributed by atoms with E-state index in [4.69, 9.17) is 4.74 Å². The summed E-state index contributed by atoms with van der Waals surface area (Å²) in [6.45, 7) is -0.350. The van der Waals surface area contributed by atoms with Crippen LogP contribution in [0.4, 0.5) is 26.3 Å². The second-order valence-corrected chi connectivity index (χ2v) is 4.07. The van der Waals surface area contributed by atoms with Gasteiger partial charge in [0, 0.05) is 6.42 Å². The van der Waals surface area contributed by atoms with Gasteiger partial charge in [-0.15, -0.1) is 13.2 Å². The fraction of sp³-hybridized carbons (Fsp3) is 0.455. The van der Waals surface area contributed by atoms with Crippen LogP contribution in [0.3, 0.4) is 0 Å². The molecule has 0 radical (unpaired) electrons. The molecule has 0 aliphatic rings. The molecule has 112 valence electrons. The number of ether oxygens (including phenoxy) is 2. The topological polar surface area (TPSA) is 18.5 Å². The molecule has 0 heterocycles. The summed E-state index contributed by atoms with van der Waals surface area (Å²) in [5.41, 5.74) is 0.602. The Morgan fingerprint density at radius 2 is 1.65 bits per heavy atom. The van der Waals surface area contributed by atoms with E-state index in [1.807, 2.05) is 0 Å². The number of hydrogen-bond acceptors (Lipinski definition) is 2. The van der Waals surface area contributed by atoms with E-state index in [0.717, 1.165) is 6.07 Å². The van der Waals surface area contributed by atoms with Gasteiger partial charge in [0.1, 0.15) is 7.85 Å². The third-order valence-electron chi connectivity index (χ3n) is 2.19. The first-order valence-corrected chi connectivity index (χ1v) is 5.63. The molecule has 0 saturated carbocycles. The number of alkyl halides is 6. The summed E-state index contributed by atoms with van der Waals surface area (Å²) in [4.78, 5) is 0. The number of hydrogen-bond donors (Lipinski definition) is 0. The second kappa shape index (κ2) is 6.28. The van der Waals surface area contributed by atoms with Crippen molar-refractivity contribution in [2.75, 3.05) is 6.61 Å². The van der Waals surface area contributed by atoms with Crippen LogP contribution < -0.4 is 14.9 Å². The van der Waals surface area contributed by atoms with Gasteiger partial charge in [-0.25, -0.2) is 0 Å². The van der Waals surface area contributed by atoms with Gasteiger partial charge < -0.3 is 9.47 Å². The molecule has 2 nitrogen and oxygen atoms in total. The van der Waals surface area contributed by atoms with Crippen LogP contribution in [0, 0.1) is 0 Å². The highest BCUT2D eigenvalue weighted by molar-refractivity contribution is 6.32. The summed E-state index contributed by atoms with van der Waals surface area (Å²) in [5.74, 6) is -0.806. The molecule has 0 bridgehead atoms.